The Morgan fingerprint density at radius 1 is 1.47 bits per heavy atom. The Kier molecular flexibility index (Phi) is 3.19. The summed E-state index contributed by atoms with van der Waals surface area (Å²) in [6.07, 6.45) is 6.73. The normalized spacial score (nSPS) is 18.3. The summed E-state index contributed by atoms with van der Waals surface area (Å²) >= 11 is 0. The molecule has 0 bridgehead atoms. The maximum atomic E-state index is 4.34. The highest BCUT2D eigenvalue weighted by molar-refractivity contribution is 5.37. The molecule has 1 aromatic heterocycles. The van der Waals surface area contributed by atoms with Gasteiger partial charge in [-0.05, 0) is 26.2 Å². The third-order valence-corrected chi connectivity index (χ3v) is 3.22. The van der Waals surface area contributed by atoms with Crippen molar-refractivity contribution in [3.8, 4) is 0 Å². The van der Waals surface area contributed by atoms with Gasteiger partial charge >= 0.3 is 0 Å². The van der Waals surface area contributed by atoms with Crippen molar-refractivity contribution in [1.29, 1.82) is 0 Å². The molecule has 1 aromatic rings. The molecule has 1 saturated carbocycles. The predicted octanol–water partition coefficient (Wildman–Crippen LogP) is 2.95. The van der Waals surface area contributed by atoms with Crippen LogP contribution in [0.3, 0.4) is 0 Å². The maximum absolute atomic E-state index is 4.34. The van der Waals surface area contributed by atoms with E-state index in [1.807, 2.05) is 0 Å². The Morgan fingerprint density at radius 2 is 2.27 bits per heavy atom. The highest BCUT2D eigenvalue weighted by atomic mass is 15.0. The second-order valence-corrected chi connectivity index (χ2v) is 4.41. The van der Waals surface area contributed by atoms with E-state index in [0.29, 0.717) is 12.0 Å². The summed E-state index contributed by atoms with van der Waals surface area (Å²) in [5.41, 5.74) is 1.21. The van der Waals surface area contributed by atoms with Crippen LogP contribution in [0.4, 0.5) is 5.82 Å². The molecular weight excluding hydrogens is 186 g/mol. The van der Waals surface area contributed by atoms with E-state index in [9.17, 15) is 0 Å². The van der Waals surface area contributed by atoms with Crippen LogP contribution in [-0.4, -0.2) is 16.0 Å². The van der Waals surface area contributed by atoms with Crippen LogP contribution in [0.1, 0.15) is 51.1 Å². The quantitative estimate of drug-likeness (QED) is 0.821. The van der Waals surface area contributed by atoms with E-state index < -0.39 is 0 Å². The van der Waals surface area contributed by atoms with E-state index in [1.54, 1.807) is 6.33 Å². The summed E-state index contributed by atoms with van der Waals surface area (Å²) in [7, 11) is 0. The van der Waals surface area contributed by atoms with Crippen molar-refractivity contribution in [2.45, 2.75) is 51.5 Å². The molecule has 0 spiro atoms. The zero-order valence-corrected chi connectivity index (χ0v) is 9.53. The topological polar surface area (TPSA) is 37.8 Å². The van der Waals surface area contributed by atoms with Gasteiger partial charge in [0.05, 0.1) is 0 Å². The molecule has 1 heterocycles. The maximum Gasteiger partial charge on any atom is 0.129 e. The third-order valence-electron chi connectivity index (χ3n) is 3.22. The fourth-order valence-corrected chi connectivity index (χ4v) is 1.73. The lowest BCUT2D eigenvalue weighted by molar-refractivity contribution is 0.410. The van der Waals surface area contributed by atoms with Crippen molar-refractivity contribution in [2.24, 2.45) is 0 Å². The fourth-order valence-electron chi connectivity index (χ4n) is 1.73. The van der Waals surface area contributed by atoms with Gasteiger partial charge < -0.3 is 5.32 Å². The van der Waals surface area contributed by atoms with Gasteiger partial charge in [0.25, 0.3) is 0 Å². The van der Waals surface area contributed by atoms with Crippen LogP contribution in [-0.2, 0) is 0 Å². The molecule has 0 radical (unpaired) electrons. The molecule has 1 atom stereocenters. The molecular formula is C12H19N3. The van der Waals surface area contributed by atoms with Crippen LogP contribution in [0.2, 0.25) is 0 Å². The Balaban J connectivity index is 2.04. The van der Waals surface area contributed by atoms with Gasteiger partial charge in [-0.1, -0.05) is 13.3 Å². The van der Waals surface area contributed by atoms with Gasteiger partial charge in [-0.25, -0.2) is 9.97 Å². The van der Waals surface area contributed by atoms with Crippen molar-refractivity contribution in [3.05, 3.63) is 18.1 Å². The molecule has 1 unspecified atom stereocenters. The first-order valence-electron chi connectivity index (χ1n) is 5.88. The molecule has 15 heavy (non-hydrogen) atoms. The van der Waals surface area contributed by atoms with Gasteiger partial charge in [-0.3, -0.25) is 0 Å². The van der Waals surface area contributed by atoms with Gasteiger partial charge in [0, 0.05) is 23.7 Å². The Morgan fingerprint density at radius 3 is 2.87 bits per heavy atom. The van der Waals surface area contributed by atoms with Crippen LogP contribution in [0.25, 0.3) is 0 Å². The van der Waals surface area contributed by atoms with E-state index >= 15 is 0 Å². The van der Waals surface area contributed by atoms with Crippen LogP contribution in [0, 0.1) is 0 Å². The van der Waals surface area contributed by atoms with Crippen molar-refractivity contribution in [1.82, 2.24) is 9.97 Å². The summed E-state index contributed by atoms with van der Waals surface area (Å²) in [6, 6.07) is 2.59. The number of hydrogen-bond acceptors (Lipinski definition) is 3. The van der Waals surface area contributed by atoms with Crippen molar-refractivity contribution in [3.63, 3.8) is 0 Å². The third kappa shape index (κ3) is 2.46. The van der Waals surface area contributed by atoms with Crippen molar-refractivity contribution < 1.29 is 0 Å². The monoisotopic (exact) mass is 205 g/mol. The summed E-state index contributed by atoms with van der Waals surface area (Å²) in [6.45, 7) is 4.34. The molecule has 0 aromatic carbocycles. The molecule has 82 valence electrons. The van der Waals surface area contributed by atoms with Crippen LogP contribution < -0.4 is 5.32 Å². The van der Waals surface area contributed by atoms with Crippen LogP contribution in [0.15, 0.2) is 12.4 Å². The summed E-state index contributed by atoms with van der Waals surface area (Å²) in [4.78, 5) is 8.59. The summed E-state index contributed by atoms with van der Waals surface area (Å²) in [5.74, 6) is 1.66. The standard InChI is InChI=1S/C12H19N3/c1-3-9(2)15-12-7-11(13-8-14-12)10-5-4-6-10/h7-10H,3-6H2,1-2H3,(H,13,14,15). The predicted molar refractivity (Wildman–Crippen MR) is 62.0 cm³/mol. The van der Waals surface area contributed by atoms with E-state index in [4.69, 9.17) is 0 Å². The van der Waals surface area contributed by atoms with Gasteiger partial charge in [0.2, 0.25) is 0 Å². The van der Waals surface area contributed by atoms with Gasteiger partial charge in [-0.15, -0.1) is 0 Å². The van der Waals surface area contributed by atoms with Crippen LogP contribution >= 0.6 is 0 Å². The minimum Gasteiger partial charge on any atom is -0.368 e. The number of hydrogen-bond donors (Lipinski definition) is 1. The zero-order chi connectivity index (χ0) is 10.7. The average Bonchev–Trinajstić information content (AvgIpc) is 2.15. The zero-order valence-electron chi connectivity index (χ0n) is 9.53. The summed E-state index contributed by atoms with van der Waals surface area (Å²) < 4.78 is 0. The second-order valence-electron chi connectivity index (χ2n) is 4.41. The van der Waals surface area contributed by atoms with Crippen molar-refractivity contribution >= 4 is 5.82 Å². The molecule has 3 nitrogen and oxygen atoms in total. The first-order chi connectivity index (χ1) is 7.29. The first kappa shape index (κ1) is 10.4. The molecule has 3 heteroatoms. The number of rotatable bonds is 4. The average molecular weight is 205 g/mol. The Labute approximate surface area is 91.3 Å². The van der Waals surface area contributed by atoms with Gasteiger partial charge in [0.1, 0.15) is 12.1 Å². The molecule has 1 fully saturated rings. The number of anilines is 1. The minimum absolute atomic E-state index is 0.481. The molecule has 0 amide bonds. The van der Waals surface area contributed by atoms with Crippen LogP contribution in [0.5, 0.6) is 0 Å². The molecule has 1 aliphatic carbocycles. The SMILES string of the molecule is CCC(C)Nc1cc(C2CCC2)ncn1. The molecule has 1 N–H and O–H groups in total. The molecule has 0 saturated heterocycles. The van der Waals surface area contributed by atoms with E-state index in [1.165, 1.54) is 25.0 Å². The van der Waals surface area contributed by atoms with Crippen molar-refractivity contribution in [2.75, 3.05) is 5.32 Å². The summed E-state index contributed by atoms with van der Waals surface area (Å²) in [5, 5.41) is 3.38. The highest BCUT2D eigenvalue weighted by Crippen LogP contribution is 2.35. The first-order valence-corrected chi connectivity index (χ1v) is 5.88. The van der Waals surface area contributed by atoms with Gasteiger partial charge in [-0.2, -0.15) is 0 Å². The van der Waals surface area contributed by atoms with E-state index in [-0.39, 0.29) is 0 Å². The lowest BCUT2D eigenvalue weighted by Crippen LogP contribution is -2.16. The lowest BCUT2D eigenvalue weighted by atomic mass is 9.83. The Bertz CT molecular complexity index is 320. The molecule has 0 aliphatic heterocycles. The number of nitrogens with zero attached hydrogens (tertiary/aromatic N) is 2. The smallest absolute Gasteiger partial charge is 0.129 e. The largest absolute Gasteiger partial charge is 0.368 e. The number of nitrogens with one attached hydrogen (secondary N) is 1. The molecule has 2 rings (SSSR count). The minimum atomic E-state index is 0.481. The Hall–Kier alpha value is -1.12. The highest BCUT2D eigenvalue weighted by Gasteiger charge is 2.21. The van der Waals surface area contributed by atoms with E-state index in [2.05, 4.69) is 35.2 Å². The molecule has 1 aliphatic rings. The fraction of sp³-hybridized carbons (Fsp3) is 0.667. The lowest BCUT2D eigenvalue weighted by Gasteiger charge is -2.25. The van der Waals surface area contributed by atoms with E-state index in [0.717, 1.165) is 12.2 Å². The number of aromatic nitrogens is 2. The van der Waals surface area contributed by atoms with Gasteiger partial charge in [0.15, 0.2) is 0 Å². The second kappa shape index (κ2) is 4.60.